The molecule has 0 bridgehead atoms. The van der Waals surface area contributed by atoms with Crippen molar-refractivity contribution >= 4 is 23.2 Å². The van der Waals surface area contributed by atoms with Gasteiger partial charge in [-0.05, 0) is 61.0 Å². The zero-order chi connectivity index (χ0) is 23.4. The van der Waals surface area contributed by atoms with Crippen LogP contribution in [0.4, 0.5) is 20.2 Å². The zero-order valence-electron chi connectivity index (χ0n) is 18.1. The molecule has 0 aliphatic carbocycles. The Hall–Kier alpha value is -3.98. The summed E-state index contributed by atoms with van der Waals surface area (Å²) >= 11 is 0. The van der Waals surface area contributed by atoms with E-state index in [9.17, 15) is 18.4 Å². The highest BCUT2D eigenvalue weighted by Crippen LogP contribution is 2.31. The number of carbonyl (C=O) groups is 2. The maximum absolute atomic E-state index is 13.4. The van der Waals surface area contributed by atoms with Gasteiger partial charge < -0.3 is 10.2 Å². The van der Waals surface area contributed by atoms with Gasteiger partial charge in [0.1, 0.15) is 0 Å². The first-order valence-corrected chi connectivity index (χ1v) is 10.6. The molecule has 0 aromatic heterocycles. The van der Waals surface area contributed by atoms with E-state index in [-0.39, 0.29) is 18.9 Å². The van der Waals surface area contributed by atoms with Gasteiger partial charge in [0, 0.05) is 41.0 Å². The van der Waals surface area contributed by atoms with Gasteiger partial charge in [-0.3, -0.25) is 9.59 Å². The van der Waals surface area contributed by atoms with Gasteiger partial charge >= 0.3 is 0 Å². The van der Waals surface area contributed by atoms with Gasteiger partial charge in [0.25, 0.3) is 11.8 Å². The standard InChI is InChI=1S/C27H22F2N2O2/c1-19-5-2-3-7-21(19)10-9-20-6-4-8-23(17-20)30-26(33)22-11-13-24(14-12-22)31-16-15-27(28,29)18-25(31)32/h2-8,11-14,17H,15-16,18H2,1H3,(H,30,33). The lowest BCUT2D eigenvalue weighted by Crippen LogP contribution is -2.43. The minimum Gasteiger partial charge on any atom is -0.322 e. The van der Waals surface area contributed by atoms with Crippen molar-refractivity contribution in [1.82, 2.24) is 0 Å². The Balaban J connectivity index is 1.43. The Bertz CT molecular complexity index is 1260. The van der Waals surface area contributed by atoms with E-state index in [0.717, 1.165) is 16.7 Å². The van der Waals surface area contributed by atoms with E-state index >= 15 is 0 Å². The molecular formula is C27H22F2N2O2. The summed E-state index contributed by atoms with van der Waals surface area (Å²) in [5, 5.41) is 2.84. The summed E-state index contributed by atoms with van der Waals surface area (Å²) < 4.78 is 26.8. The predicted octanol–water partition coefficient (Wildman–Crippen LogP) is 5.41. The molecule has 1 heterocycles. The van der Waals surface area contributed by atoms with Crippen LogP contribution in [0.1, 0.15) is 39.9 Å². The van der Waals surface area contributed by atoms with E-state index in [2.05, 4.69) is 17.2 Å². The van der Waals surface area contributed by atoms with Crippen molar-refractivity contribution in [2.24, 2.45) is 0 Å². The van der Waals surface area contributed by atoms with Crippen LogP contribution < -0.4 is 10.2 Å². The number of nitrogens with zero attached hydrogens (tertiary/aromatic N) is 1. The first-order chi connectivity index (χ1) is 15.8. The van der Waals surface area contributed by atoms with Crippen molar-refractivity contribution in [3.8, 4) is 11.8 Å². The molecule has 0 radical (unpaired) electrons. The Morgan fingerprint density at radius 3 is 2.48 bits per heavy atom. The summed E-state index contributed by atoms with van der Waals surface area (Å²) in [6.45, 7) is 1.95. The molecule has 1 aliphatic rings. The number of amides is 2. The third-order valence-electron chi connectivity index (χ3n) is 5.46. The van der Waals surface area contributed by atoms with Crippen molar-refractivity contribution < 1.29 is 18.4 Å². The van der Waals surface area contributed by atoms with Gasteiger partial charge in [-0.1, -0.05) is 36.1 Å². The largest absolute Gasteiger partial charge is 0.322 e. The Labute approximate surface area is 191 Å². The van der Waals surface area contributed by atoms with E-state index in [1.54, 1.807) is 36.4 Å². The minimum absolute atomic E-state index is 0.0479. The lowest BCUT2D eigenvalue weighted by molar-refractivity contribution is -0.129. The van der Waals surface area contributed by atoms with E-state index in [1.807, 2.05) is 43.3 Å². The second-order valence-electron chi connectivity index (χ2n) is 7.97. The van der Waals surface area contributed by atoms with Gasteiger partial charge in [0.2, 0.25) is 5.91 Å². The summed E-state index contributed by atoms with van der Waals surface area (Å²) in [7, 11) is 0. The van der Waals surface area contributed by atoms with Crippen molar-refractivity contribution in [2.75, 3.05) is 16.8 Å². The Kier molecular flexibility index (Phi) is 6.23. The highest BCUT2D eigenvalue weighted by Gasteiger charge is 2.39. The van der Waals surface area contributed by atoms with Crippen LogP contribution in [-0.4, -0.2) is 24.3 Å². The molecule has 0 saturated carbocycles. The summed E-state index contributed by atoms with van der Waals surface area (Å²) in [5.41, 5.74) is 4.31. The van der Waals surface area contributed by atoms with Crippen molar-refractivity contribution in [1.29, 1.82) is 0 Å². The third-order valence-corrected chi connectivity index (χ3v) is 5.46. The smallest absolute Gasteiger partial charge is 0.258 e. The van der Waals surface area contributed by atoms with Gasteiger partial charge in [-0.2, -0.15) is 0 Å². The number of hydrogen-bond donors (Lipinski definition) is 1. The molecule has 0 unspecified atom stereocenters. The van der Waals surface area contributed by atoms with Gasteiger partial charge in [0.15, 0.2) is 0 Å². The summed E-state index contributed by atoms with van der Waals surface area (Å²) in [4.78, 5) is 26.0. The topological polar surface area (TPSA) is 49.4 Å². The molecule has 1 aliphatic heterocycles. The molecule has 3 aromatic carbocycles. The van der Waals surface area contributed by atoms with E-state index in [4.69, 9.17) is 0 Å². The number of carbonyl (C=O) groups excluding carboxylic acids is 2. The van der Waals surface area contributed by atoms with Gasteiger partial charge in [0.05, 0.1) is 6.42 Å². The Morgan fingerprint density at radius 2 is 1.76 bits per heavy atom. The number of piperidine rings is 1. The van der Waals surface area contributed by atoms with Crippen LogP contribution in [0.5, 0.6) is 0 Å². The average Bonchev–Trinajstić information content (AvgIpc) is 2.78. The molecule has 3 aromatic rings. The lowest BCUT2D eigenvalue weighted by atomic mass is 10.0. The molecule has 0 spiro atoms. The molecule has 33 heavy (non-hydrogen) atoms. The highest BCUT2D eigenvalue weighted by molar-refractivity contribution is 6.05. The molecule has 0 atom stereocenters. The number of rotatable bonds is 3. The second kappa shape index (κ2) is 9.25. The SMILES string of the molecule is Cc1ccccc1C#Cc1cccc(NC(=O)c2ccc(N3CCC(F)(F)CC3=O)cc2)c1. The minimum atomic E-state index is -2.95. The number of alkyl halides is 2. The maximum atomic E-state index is 13.4. The van der Waals surface area contributed by atoms with Crippen LogP contribution in [0.15, 0.2) is 72.8 Å². The normalized spacial score (nSPS) is 14.9. The van der Waals surface area contributed by atoms with E-state index in [0.29, 0.717) is 16.9 Å². The van der Waals surface area contributed by atoms with E-state index in [1.165, 1.54) is 4.90 Å². The monoisotopic (exact) mass is 444 g/mol. The van der Waals surface area contributed by atoms with Crippen LogP contribution >= 0.6 is 0 Å². The maximum Gasteiger partial charge on any atom is 0.258 e. The molecular weight excluding hydrogens is 422 g/mol. The first kappa shape index (κ1) is 22.2. The van der Waals surface area contributed by atoms with Crippen LogP contribution in [0.2, 0.25) is 0 Å². The second-order valence-corrected chi connectivity index (χ2v) is 7.97. The fourth-order valence-corrected chi connectivity index (χ4v) is 3.60. The molecule has 4 rings (SSSR count). The predicted molar refractivity (Wildman–Crippen MR) is 125 cm³/mol. The fourth-order valence-electron chi connectivity index (χ4n) is 3.60. The molecule has 1 N–H and O–H groups in total. The first-order valence-electron chi connectivity index (χ1n) is 10.6. The van der Waals surface area contributed by atoms with Crippen LogP contribution in [0.25, 0.3) is 0 Å². The quantitative estimate of drug-likeness (QED) is 0.549. The molecule has 2 amide bonds. The van der Waals surface area contributed by atoms with Crippen LogP contribution in [-0.2, 0) is 4.79 Å². The number of nitrogens with one attached hydrogen (secondary N) is 1. The molecule has 1 fully saturated rings. The van der Waals surface area contributed by atoms with Gasteiger partial charge in [-0.25, -0.2) is 8.78 Å². The lowest BCUT2D eigenvalue weighted by Gasteiger charge is -2.31. The number of halogens is 2. The number of aryl methyl sites for hydroxylation is 1. The number of benzene rings is 3. The molecule has 4 nitrogen and oxygen atoms in total. The van der Waals surface area contributed by atoms with Crippen LogP contribution in [0.3, 0.4) is 0 Å². The highest BCUT2D eigenvalue weighted by atomic mass is 19.3. The van der Waals surface area contributed by atoms with Crippen LogP contribution in [0, 0.1) is 18.8 Å². The molecule has 6 heteroatoms. The van der Waals surface area contributed by atoms with Crippen molar-refractivity contribution in [3.63, 3.8) is 0 Å². The third kappa shape index (κ3) is 5.45. The van der Waals surface area contributed by atoms with Gasteiger partial charge in [-0.15, -0.1) is 0 Å². The molecule has 1 saturated heterocycles. The summed E-state index contributed by atoms with van der Waals surface area (Å²) in [5.74, 6) is 2.37. The number of hydrogen-bond acceptors (Lipinski definition) is 2. The Morgan fingerprint density at radius 1 is 1.00 bits per heavy atom. The molecule has 166 valence electrons. The zero-order valence-corrected chi connectivity index (χ0v) is 18.1. The summed E-state index contributed by atoms with van der Waals surface area (Å²) in [6, 6.07) is 21.5. The van der Waals surface area contributed by atoms with E-state index < -0.39 is 18.3 Å². The van der Waals surface area contributed by atoms with Crippen molar-refractivity contribution in [3.05, 3.63) is 95.1 Å². The fraction of sp³-hybridized carbons (Fsp3) is 0.185. The van der Waals surface area contributed by atoms with Crippen molar-refractivity contribution in [2.45, 2.75) is 25.7 Å². The summed E-state index contributed by atoms with van der Waals surface area (Å²) in [6.07, 6.45) is -1.16. The number of anilines is 2. The average molecular weight is 444 g/mol.